The van der Waals surface area contributed by atoms with Crippen LogP contribution in [-0.2, 0) is 4.79 Å². The van der Waals surface area contributed by atoms with Crippen LogP contribution in [0.15, 0.2) is 12.1 Å². The Hall–Kier alpha value is -1.63. The molecule has 0 aromatic heterocycles. The van der Waals surface area contributed by atoms with Crippen molar-refractivity contribution in [2.24, 2.45) is 0 Å². The van der Waals surface area contributed by atoms with Gasteiger partial charge in [0.2, 0.25) is 5.91 Å². The first-order valence-electron chi connectivity index (χ1n) is 7.70. The van der Waals surface area contributed by atoms with Crippen LogP contribution in [-0.4, -0.2) is 72.2 Å². The van der Waals surface area contributed by atoms with Gasteiger partial charge in [-0.1, -0.05) is 23.2 Å². The van der Waals surface area contributed by atoms with Gasteiger partial charge in [-0.3, -0.25) is 19.3 Å². The molecule has 0 aliphatic carbocycles. The molecule has 0 radical (unpaired) electrons. The van der Waals surface area contributed by atoms with Crippen molar-refractivity contribution in [2.45, 2.75) is 6.42 Å². The second-order valence-corrected chi connectivity index (χ2v) is 6.82. The Bertz CT molecular complexity index is 674. The summed E-state index contributed by atoms with van der Waals surface area (Å²) in [5.74, 6) is -0.907. The smallest absolute Gasteiger partial charge is 0.261 e. The Kier molecular flexibility index (Phi) is 4.80. The second-order valence-electron chi connectivity index (χ2n) is 6.01. The predicted molar refractivity (Wildman–Crippen MR) is 90.5 cm³/mol. The summed E-state index contributed by atoms with van der Waals surface area (Å²) in [6.07, 6.45) is 0.122. The summed E-state index contributed by atoms with van der Waals surface area (Å²) in [6, 6.07) is 2.81. The number of carbonyl (C=O) groups excluding carboxylic acids is 3. The van der Waals surface area contributed by atoms with Gasteiger partial charge in [0, 0.05) is 39.1 Å². The Morgan fingerprint density at radius 3 is 2.00 bits per heavy atom. The molecule has 2 heterocycles. The average Bonchev–Trinajstić information content (AvgIpc) is 2.78. The highest BCUT2D eigenvalue weighted by atomic mass is 35.5. The Morgan fingerprint density at radius 2 is 1.50 bits per heavy atom. The number of nitrogens with zero attached hydrogens (tertiary/aromatic N) is 3. The normalized spacial score (nSPS) is 18.3. The van der Waals surface area contributed by atoms with Gasteiger partial charge in [0.25, 0.3) is 11.8 Å². The third kappa shape index (κ3) is 3.14. The first kappa shape index (κ1) is 17.2. The van der Waals surface area contributed by atoms with Crippen molar-refractivity contribution in [3.05, 3.63) is 33.3 Å². The van der Waals surface area contributed by atoms with Crippen LogP contribution < -0.4 is 0 Å². The summed E-state index contributed by atoms with van der Waals surface area (Å²) >= 11 is 11.8. The molecule has 6 nitrogen and oxygen atoms in total. The van der Waals surface area contributed by atoms with Gasteiger partial charge in [0.05, 0.1) is 21.2 Å². The van der Waals surface area contributed by atoms with Crippen LogP contribution in [0.3, 0.4) is 0 Å². The van der Waals surface area contributed by atoms with Crippen LogP contribution in [0.4, 0.5) is 0 Å². The lowest BCUT2D eigenvalue weighted by molar-refractivity contribution is -0.132. The lowest BCUT2D eigenvalue weighted by Crippen LogP contribution is -2.47. The molecule has 2 aliphatic heterocycles. The largest absolute Gasteiger partial charge is 0.340 e. The van der Waals surface area contributed by atoms with Gasteiger partial charge in [-0.15, -0.1) is 0 Å². The number of rotatable bonds is 3. The van der Waals surface area contributed by atoms with Crippen molar-refractivity contribution in [3.8, 4) is 0 Å². The zero-order chi connectivity index (χ0) is 17.4. The fraction of sp³-hybridized carbons (Fsp3) is 0.438. The van der Waals surface area contributed by atoms with Gasteiger partial charge in [-0.05, 0) is 19.2 Å². The molecular formula is C16H17Cl2N3O3. The maximum Gasteiger partial charge on any atom is 0.261 e. The maximum atomic E-state index is 12.4. The molecule has 1 saturated heterocycles. The first-order valence-corrected chi connectivity index (χ1v) is 8.45. The fourth-order valence-corrected chi connectivity index (χ4v) is 3.24. The van der Waals surface area contributed by atoms with Crippen LogP contribution in [0.5, 0.6) is 0 Å². The highest BCUT2D eigenvalue weighted by Crippen LogP contribution is 2.31. The number of hydrogen-bond donors (Lipinski definition) is 0. The zero-order valence-corrected chi connectivity index (χ0v) is 14.7. The van der Waals surface area contributed by atoms with E-state index in [2.05, 4.69) is 4.90 Å². The number of benzene rings is 1. The number of amides is 3. The lowest BCUT2D eigenvalue weighted by atomic mass is 10.1. The van der Waals surface area contributed by atoms with Crippen LogP contribution >= 0.6 is 23.2 Å². The van der Waals surface area contributed by atoms with E-state index in [1.54, 1.807) is 4.90 Å². The molecule has 3 rings (SSSR count). The summed E-state index contributed by atoms with van der Waals surface area (Å²) in [6.45, 7) is 3.06. The molecular weight excluding hydrogens is 353 g/mol. The van der Waals surface area contributed by atoms with Gasteiger partial charge in [0.15, 0.2) is 0 Å². The molecule has 0 spiro atoms. The van der Waals surface area contributed by atoms with Crippen molar-refractivity contribution < 1.29 is 14.4 Å². The molecule has 0 N–H and O–H groups in total. The minimum atomic E-state index is -0.431. The fourth-order valence-electron chi connectivity index (χ4n) is 2.91. The zero-order valence-electron chi connectivity index (χ0n) is 13.2. The molecule has 2 aliphatic rings. The molecule has 0 atom stereocenters. The monoisotopic (exact) mass is 369 g/mol. The molecule has 24 heavy (non-hydrogen) atoms. The summed E-state index contributed by atoms with van der Waals surface area (Å²) in [4.78, 5) is 42.0. The number of piperazine rings is 1. The van der Waals surface area contributed by atoms with E-state index in [9.17, 15) is 14.4 Å². The van der Waals surface area contributed by atoms with Gasteiger partial charge >= 0.3 is 0 Å². The third-order valence-corrected chi connectivity index (χ3v) is 5.14. The van der Waals surface area contributed by atoms with Crippen molar-refractivity contribution in [2.75, 3.05) is 39.8 Å². The number of fused-ring (bicyclic) bond motifs is 1. The summed E-state index contributed by atoms with van der Waals surface area (Å²) in [5.41, 5.74) is 0.475. The minimum absolute atomic E-state index is 0.0456. The molecule has 1 aromatic carbocycles. The highest BCUT2D eigenvalue weighted by Gasteiger charge is 2.36. The molecule has 3 amide bonds. The van der Waals surface area contributed by atoms with Crippen LogP contribution in [0.25, 0.3) is 0 Å². The van der Waals surface area contributed by atoms with Crippen molar-refractivity contribution in [3.63, 3.8) is 0 Å². The topological polar surface area (TPSA) is 60.9 Å². The summed E-state index contributed by atoms with van der Waals surface area (Å²) < 4.78 is 0. The van der Waals surface area contributed by atoms with E-state index in [-0.39, 0.29) is 40.0 Å². The van der Waals surface area contributed by atoms with E-state index in [1.807, 2.05) is 7.05 Å². The van der Waals surface area contributed by atoms with Gasteiger partial charge in [0.1, 0.15) is 0 Å². The Labute approximate surface area is 149 Å². The molecule has 0 bridgehead atoms. The number of hydrogen-bond acceptors (Lipinski definition) is 4. The number of imide groups is 1. The summed E-state index contributed by atoms with van der Waals surface area (Å²) in [5, 5.41) is 0.457. The highest BCUT2D eigenvalue weighted by molar-refractivity contribution is 6.43. The summed E-state index contributed by atoms with van der Waals surface area (Å²) in [7, 11) is 2.01. The van der Waals surface area contributed by atoms with E-state index >= 15 is 0 Å². The molecule has 128 valence electrons. The quantitative estimate of drug-likeness (QED) is 0.761. The van der Waals surface area contributed by atoms with Crippen molar-refractivity contribution in [1.82, 2.24) is 14.7 Å². The average molecular weight is 370 g/mol. The van der Waals surface area contributed by atoms with E-state index in [4.69, 9.17) is 23.2 Å². The molecule has 8 heteroatoms. The van der Waals surface area contributed by atoms with Gasteiger partial charge in [-0.2, -0.15) is 0 Å². The standard InChI is InChI=1S/C16H17Cl2N3O3/c1-19-4-6-20(7-5-19)14(22)2-3-21-15(23)10-8-12(17)13(18)9-11(10)16(21)24/h8-9H,2-7H2,1H3. The number of likely N-dealkylation sites (N-methyl/N-ethyl adjacent to an activating group) is 1. The van der Waals surface area contributed by atoms with E-state index in [1.165, 1.54) is 12.1 Å². The Morgan fingerprint density at radius 1 is 1.00 bits per heavy atom. The number of halogens is 2. The van der Waals surface area contributed by atoms with E-state index in [0.29, 0.717) is 13.1 Å². The van der Waals surface area contributed by atoms with E-state index in [0.717, 1.165) is 18.0 Å². The van der Waals surface area contributed by atoms with Crippen molar-refractivity contribution in [1.29, 1.82) is 0 Å². The predicted octanol–water partition coefficient (Wildman–Crippen LogP) is 1.75. The molecule has 1 aromatic rings. The molecule has 1 fully saturated rings. The molecule has 0 unspecified atom stereocenters. The Balaban J connectivity index is 1.65. The van der Waals surface area contributed by atoms with Gasteiger partial charge < -0.3 is 9.80 Å². The van der Waals surface area contributed by atoms with Crippen LogP contribution in [0.1, 0.15) is 27.1 Å². The third-order valence-electron chi connectivity index (χ3n) is 4.42. The van der Waals surface area contributed by atoms with E-state index < -0.39 is 11.8 Å². The maximum absolute atomic E-state index is 12.4. The SMILES string of the molecule is CN1CCN(C(=O)CCN2C(=O)c3cc(Cl)c(Cl)cc3C2=O)CC1. The minimum Gasteiger partial charge on any atom is -0.340 e. The van der Waals surface area contributed by atoms with Crippen LogP contribution in [0.2, 0.25) is 10.0 Å². The van der Waals surface area contributed by atoms with Crippen molar-refractivity contribution >= 4 is 40.9 Å². The first-order chi connectivity index (χ1) is 11.4. The van der Waals surface area contributed by atoms with Crippen LogP contribution in [0, 0.1) is 0 Å². The molecule has 0 saturated carbocycles. The number of carbonyl (C=O) groups is 3. The van der Waals surface area contributed by atoms with Gasteiger partial charge in [-0.25, -0.2) is 0 Å². The second kappa shape index (κ2) is 6.70. The lowest BCUT2D eigenvalue weighted by Gasteiger charge is -2.32.